The summed E-state index contributed by atoms with van der Waals surface area (Å²) in [6, 6.07) is 38.9. The lowest BCUT2D eigenvalue weighted by Crippen LogP contribution is -2.61. The van der Waals surface area contributed by atoms with E-state index in [2.05, 4.69) is 0 Å². The molecule has 238 valence electrons. The summed E-state index contributed by atoms with van der Waals surface area (Å²) < 4.78 is 30.9. The summed E-state index contributed by atoms with van der Waals surface area (Å²) in [5.74, 6) is -1.85. The SMILES string of the molecule is CC(=O)O[C@@H]1[C@@H](OC(C)=O)[C@H](Sc2ccccc2)O[C@H](COC(c2ccccc2)(c2ccccc2)c2ccccc2)[C@H]1OC(C)=O. The molecule has 0 amide bonds. The van der Waals surface area contributed by atoms with Gasteiger partial charge in [0, 0.05) is 25.7 Å². The highest BCUT2D eigenvalue weighted by Gasteiger charge is 2.53. The molecule has 9 heteroatoms. The van der Waals surface area contributed by atoms with E-state index in [9.17, 15) is 14.4 Å². The maximum Gasteiger partial charge on any atom is 0.303 e. The lowest BCUT2D eigenvalue weighted by Gasteiger charge is -2.45. The summed E-state index contributed by atoms with van der Waals surface area (Å²) in [6.45, 7) is 3.68. The van der Waals surface area contributed by atoms with Crippen molar-refractivity contribution in [2.45, 2.75) is 61.1 Å². The lowest BCUT2D eigenvalue weighted by atomic mass is 9.80. The lowest BCUT2D eigenvalue weighted by molar-refractivity contribution is -0.241. The van der Waals surface area contributed by atoms with Gasteiger partial charge < -0.3 is 23.7 Å². The van der Waals surface area contributed by atoms with Crippen LogP contribution in [0.1, 0.15) is 37.5 Å². The molecule has 1 fully saturated rings. The Bertz CT molecular complexity index is 1490. The zero-order valence-corrected chi connectivity index (χ0v) is 26.6. The Morgan fingerprint density at radius 3 is 1.41 bits per heavy atom. The summed E-state index contributed by atoms with van der Waals surface area (Å²) in [5.41, 5.74) is 0.681. The third-order valence-corrected chi connectivity index (χ3v) is 8.65. The second-order valence-electron chi connectivity index (χ2n) is 10.8. The predicted molar refractivity (Wildman–Crippen MR) is 173 cm³/mol. The second kappa shape index (κ2) is 15.2. The van der Waals surface area contributed by atoms with E-state index >= 15 is 0 Å². The third-order valence-electron chi connectivity index (χ3n) is 7.50. The Morgan fingerprint density at radius 1 is 0.587 bits per heavy atom. The first-order chi connectivity index (χ1) is 22.3. The first-order valence-electron chi connectivity index (χ1n) is 15.0. The molecule has 5 rings (SSSR count). The van der Waals surface area contributed by atoms with Crippen molar-refractivity contribution in [1.82, 2.24) is 0 Å². The first kappa shape index (κ1) is 32.9. The van der Waals surface area contributed by atoms with Crippen molar-refractivity contribution in [3.8, 4) is 0 Å². The fraction of sp³-hybridized carbons (Fsp3) is 0.270. The maximum absolute atomic E-state index is 12.5. The molecule has 0 N–H and O–H groups in total. The van der Waals surface area contributed by atoms with E-state index in [4.69, 9.17) is 23.7 Å². The summed E-state index contributed by atoms with van der Waals surface area (Å²) in [5, 5.41) is 0. The zero-order valence-electron chi connectivity index (χ0n) is 25.8. The number of ether oxygens (including phenoxy) is 5. The van der Waals surface area contributed by atoms with Crippen LogP contribution in [0.15, 0.2) is 126 Å². The van der Waals surface area contributed by atoms with Gasteiger partial charge in [-0.1, -0.05) is 121 Å². The molecule has 4 aromatic carbocycles. The van der Waals surface area contributed by atoms with Gasteiger partial charge in [0.2, 0.25) is 0 Å². The van der Waals surface area contributed by atoms with Gasteiger partial charge in [0.25, 0.3) is 0 Å². The highest BCUT2D eigenvalue weighted by Crippen LogP contribution is 2.43. The topological polar surface area (TPSA) is 97.4 Å². The van der Waals surface area contributed by atoms with Gasteiger partial charge in [-0.3, -0.25) is 14.4 Å². The molecule has 0 radical (unpaired) electrons. The van der Waals surface area contributed by atoms with Crippen LogP contribution in [0.4, 0.5) is 0 Å². The van der Waals surface area contributed by atoms with E-state index in [0.717, 1.165) is 21.6 Å². The minimum absolute atomic E-state index is 0.0902. The average molecular weight is 641 g/mol. The normalized spacial score (nSPS) is 21.2. The first-order valence-corrected chi connectivity index (χ1v) is 15.8. The van der Waals surface area contributed by atoms with Crippen molar-refractivity contribution < 1.29 is 38.1 Å². The highest BCUT2D eigenvalue weighted by atomic mass is 32.2. The molecule has 0 bridgehead atoms. The Labute approximate surface area is 273 Å². The number of carbonyl (C=O) groups is 3. The third kappa shape index (κ3) is 7.67. The van der Waals surface area contributed by atoms with E-state index < -0.39 is 53.4 Å². The van der Waals surface area contributed by atoms with Crippen LogP contribution < -0.4 is 0 Å². The molecule has 46 heavy (non-hydrogen) atoms. The molecule has 0 unspecified atom stereocenters. The van der Waals surface area contributed by atoms with Crippen LogP contribution in [-0.4, -0.2) is 54.4 Å². The number of esters is 3. The standard InChI is InChI=1S/C37H36O8S/c1-25(38)42-33-32(45-36(46-31-22-14-7-15-23-31)35(44-27(3)40)34(33)43-26(2)39)24-41-37(28-16-8-4-9-17-28,29-18-10-5-11-19-29)30-20-12-6-13-21-30/h4-23,32-36H,24H2,1-3H3/t32-,33-,34+,35-,36+/m1/s1. The van der Waals surface area contributed by atoms with Gasteiger partial charge in [0.15, 0.2) is 18.3 Å². The largest absolute Gasteiger partial charge is 0.456 e. The Kier molecular flexibility index (Phi) is 10.9. The van der Waals surface area contributed by atoms with Crippen molar-refractivity contribution in [2.24, 2.45) is 0 Å². The van der Waals surface area contributed by atoms with Crippen LogP contribution in [0.5, 0.6) is 0 Å². The van der Waals surface area contributed by atoms with Crippen molar-refractivity contribution in [2.75, 3.05) is 6.61 Å². The summed E-state index contributed by atoms with van der Waals surface area (Å²) in [7, 11) is 0. The molecule has 4 aromatic rings. The summed E-state index contributed by atoms with van der Waals surface area (Å²) >= 11 is 1.31. The van der Waals surface area contributed by atoms with E-state index in [1.165, 1.54) is 32.5 Å². The molecule has 0 spiro atoms. The molecular formula is C37H36O8S. The summed E-state index contributed by atoms with van der Waals surface area (Å²) in [6.07, 6.45) is -4.35. The van der Waals surface area contributed by atoms with E-state index in [1.807, 2.05) is 121 Å². The van der Waals surface area contributed by atoms with E-state index in [1.54, 1.807) is 0 Å². The van der Waals surface area contributed by atoms with Crippen LogP contribution in [0.2, 0.25) is 0 Å². The summed E-state index contributed by atoms with van der Waals surface area (Å²) in [4.78, 5) is 38.1. The van der Waals surface area contributed by atoms with Gasteiger partial charge in [-0.05, 0) is 28.8 Å². The number of benzene rings is 4. The molecule has 0 saturated carbocycles. The maximum atomic E-state index is 12.5. The Hall–Kier alpha value is -4.44. The van der Waals surface area contributed by atoms with E-state index in [0.29, 0.717) is 0 Å². The van der Waals surface area contributed by atoms with Crippen LogP contribution in [-0.2, 0) is 43.7 Å². The predicted octanol–water partition coefficient (Wildman–Crippen LogP) is 6.31. The molecule has 8 nitrogen and oxygen atoms in total. The fourth-order valence-electron chi connectivity index (χ4n) is 5.69. The minimum atomic E-state index is -1.17. The van der Waals surface area contributed by atoms with Crippen molar-refractivity contribution in [1.29, 1.82) is 0 Å². The molecule has 5 atom stereocenters. The molecule has 1 aliphatic rings. The van der Waals surface area contributed by atoms with Gasteiger partial charge in [-0.25, -0.2) is 0 Å². The van der Waals surface area contributed by atoms with Crippen LogP contribution in [0.3, 0.4) is 0 Å². The van der Waals surface area contributed by atoms with Gasteiger partial charge in [0.05, 0.1) is 6.61 Å². The molecule has 1 heterocycles. The number of thioether (sulfide) groups is 1. The number of rotatable bonds is 11. The molecular weight excluding hydrogens is 604 g/mol. The number of hydrogen-bond donors (Lipinski definition) is 0. The number of carbonyl (C=O) groups excluding carboxylic acids is 3. The van der Waals surface area contributed by atoms with Crippen LogP contribution >= 0.6 is 11.8 Å². The molecule has 1 saturated heterocycles. The van der Waals surface area contributed by atoms with Gasteiger partial charge in [0.1, 0.15) is 17.1 Å². The van der Waals surface area contributed by atoms with E-state index in [-0.39, 0.29) is 6.61 Å². The van der Waals surface area contributed by atoms with Crippen LogP contribution in [0.25, 0.3) is 0 Å². The van der Waals surface area contributed by atoms with Crippen molar-refractivity contribution >= 4 is 29.7 Å². The van der Waals surface area contributed by atoms with Crippen molar-refractivity contribution in [3.05, 3.63) is 138 Å². The number of hydrogen-bond acceptors (Lipinski definition) is 9. The Balaban J connectivity index is 1.60. The highest BCUT2D eigenvalue weighted by molar-refractivity contribution is 7.99. The quantitative estimate of drug-likeness (QED) is 0.106. The molecule has 1 aliphatic heterocycles. The van der Waals surface area contributed by atoms with Gasteiger partial charge >= 0.3 is 17.9 Å². The second-order valence-corrected chi connectivity index (χ2v) is 12.0. The van der Waals surface area contributed by atoms with Crippen molar-refractivity contribution in [3.63, 3.8) is 0 Å². The molecule has 0 aromatic heterocycles. The average Bonchev–Trinajstić information content (AvgIpc) is 3.06. The molecule has 0 aliphatic carbocycles. The fourth-order valence-corrected chi connectivity index (χ4v) is 6.82. The monoisotopic (exact) mass is 640 g/mol. The Morgan fingerprint density at radius 2 is 0.978 bits per heavy atom. The van der Waals surface area contributed by atoms with Gasteiger partial charge in [-0.15, -0.1) is 0 Å². The smallest absolute Gasteiger partial charge is 0.303 e. The minimum Gasteiger partial charge on any atom is -0.456 e. The van der Waals surface area contributed by atoms with Crippen LogP contribution in [0, 0.1) is 0 Å². The zero-order chi connectivity index (χ0) is 32.5. The van der Waals surface area contributed by atoms with Gasteiger partial charge in [-0.2, -0.15) is 0 Å².